The van der Waals surface area contributed by atoms with E-state index in [4.69, 9.17) is 27.7 Å². The quantitative estimate of drug-likeness (QED) is 0.160. The van der Waals surface area contributed by atoms with E-state index in [1.165, 1.54) is 70.7 Å². The standard InChI is InChI=1S/C40H24O.C34H22.2CH4/c1-2-11-26-22-29(21-20-25(26)10-1)38-30-14-5-7-16-32(30)39(33-17-8-6-15-31(33)38)34-18-9-19-36-40(34)35-23-27-12-3-4-13-28(27)24-37(35)41-36;1-2-12-25-22-26(21-20-23(25)10-1)33-29-15-5-7-17-31(29)34(32-18-8-6-16-30(32)33)28-19-9-13-24-11-3-4-14-27(24)28;;/h1-24H;1-22H;2*1H4/i;1D,2D,3D,4D,5D,6D,7D,8D,9D,10D,11D,12D,13D,14D,15D,16D,17D,18D,19D,20D,21D,22D;;. The average molecular weight is 1010 g/mol. The van der Waals surface area contributed by atoms with Crippen LogP contribution in [0.25, 0.3) is 153 Å². The molecular weight excluding hydrogens is 929 g/mol. The van der Waals surface area contributed by atoms with Crippen LogP contribution in [0.1, 0.15) is 45.0 Å². The van der Waals surface area contributed by atoms with Gasteiger partial charge in [0.05, 0.1) is 30.2 Å². The van der Waals surface area contributed by atoms with Gasteiger partial charge in [-0.25, -0.2) is 0 Å². The van der Waals surface area contributed by atoms with Crippen molar-refractivity contribution in [3.8, 4) is 44.5 Å². The zero-order valence-corrected chi connectivity index (χ0v) is 39.3. The molecule has 0 aliphatic heterocycles. The largest absolute Gasteiger partial charge is 0.456 e. The highest BCUT2D eigenvalue weighted by atomic mass is 16.3. The molecule has 0 atom stereocenters. The van der Waals surface area contributed by atoms with Crippen molar-refractivity contribution in [2.75, 3.05) is 0 Å². The Hall–Kier alpha value is -9.82. The summed E-state index contributed by atoms with van der Waals surface area (Å²) < 4.78 is 199. The van der Waals surface area contributed by atoms with E-state index in [1.807, 2.05) is 0 Å². The molecule has 0 N–H and O–H groups in total. The summed E-state index contributed by atoms with van der Waals surface area (Å²) in [5.41, 5.74) is 4.22. The molecule has 0 fully saturated rings. The lowest BCUT2D eigenvalue weighted by atomic mass is 9.84. The summed E-state index contributed by atoms with van der Waals surface area (Å²) in [6.45, 7) is 0. The second-order valence-corrected chi connectivity index (χ2v) is 18.1. The van der Waals surface area contributed by atoms with E-state index in [0.29, 0.717) is 0 Å². The fourth-order valence-electron chi connectivity index (χ4n) is 10.8. The Morgan fingerprint density at radius 2 is 0.753 bits per heavy atom. The molecule has 0 amide bonds. The molecule has 364 valence electrons. The van der Waals surface area contributed by atoms with Gasteiger partial charge in [-0.3, -0.25) is 0 Å². The van der Waals surface area contributed by atoms with Crippen LogP contribution >= 0.6 is 0 Å². The third-order valence-electron chi connectivity index (χ3n) is 14.0. The van der Waals surface area contributed by atoms with Crippen molar-refractivity contribution in [2.24, 2.45) is 0 Å². The third-order valence-corrected chi connectivity index (χ3v) is 14.0. The first-order valence-corrected chi connectivity index (χ1v) is 24.1. The molecule has 1 nitrogen and oxygen atoms in total. The van der Waals surface area contributed by atoms with Crippen LogP contribution in [0.4, 0.5) is 0 Å². The molecule has 16 rings (SSSR count). The molecule has 16 aromatic rings. The zero-order chi connectivity index (χ0) is 68.5. The highest BCUT2D eigenvalue weighted by Gasteiger charge is 2.22. The molecule has 0 unspecified atom stereocenters. The van der Waals surface area contributed by atoms with E-state index >= 15 is 0 Å². The Kier molecular flexibility index (Phi) is 7.15. The molecule has 0 aliphatic rings. The molecule has 15 aromatic carbocycles. The van der Waals surface area contributed by atoms with E-state index in [1.54, 1.807) is 0 Å². The lowest BCUT2D eigenvalue weighted by Crippen LogP contribution is -1.91. The Bertz CT molecular complexity index is 6150. The van der Waals surface area contributed by atoms with Crippen LogP contribution in [0.5, 0.6) is 0 Å². The molecule has 1 heteroatoms. The third kappa shape index (κ3) is 7.70. The number of hydrogen-bond donors (Lipinski definition) is 0. The molecule has 0 spiro atoms. The lowest BCUT2D eigenvalue weighted by Gasteiger charge is -2.19. The molecule has 0 saturated carbocycles. The molecular formula is C76H54O. The van der Waals surface area contributed by atoms with Crippen LogP contribution in [0, 0.1) is 0 Å². The fourth-order valence-corrected chi connectivity index (χ4v) is 10.8. The van der Waals surface area contributed by atoms with E-state index < -0.39 is 198 Å². The summed E-state index contributed by atoms with van der Waals surface area (Å²) >= 11 is 0. The second-order valence-electron chi connectivity index (χ2n) is 18.1. The summed E-state index contributed by atoms with van der Waals surface area (Å²) in [5, 5.41) is 7.47. The maximum absolute atomic E-state index is 9.32. The van der Waals surface area contributed by atoms with Crippen LogP contribution < -0.4 is 0 Å². The van der Waals surface area contributed by atoms with Crippen LogP contribution in [-0.2, 0) is 0 Å². The molecule has 0 bridgehead atoms. The van der Waals surface area contributed by atoms with Crippen LogP contribution in [0.2, 0.25) is 0 Å². The Labute approximate surface area is 479 Å². The minimum absolute atomic E-state index is 0. The average Bonchev–Trinajstić information content (AvgIpc) is 1.42. The van der Waals surface area contributed by atoms with Crippen LogP contribution in [-0.4, -0.2) is 0 Å². The Balaban J connectivity index is 0.000000181. The first kappa shape index (κ1) is 28.7. The molecule has 0 aliphatic carbocycles. The number of rotatable bonds is 4. The monoisotopic (exact) mass is 1000 g/mol. The zero-order valence-electron chi connectivity index (χ0n) is 61.3. The van der Waals surface area contributed by atoms with Gasteiger partial charge in [-0.15, -0.1) is 0 Å². The highest BCUT2D eigenvalue weighted by molar-refractivity contribution is 6.27. The van der Waals surface area contributed by atoms with Crippen LogP contribution in [0.15, 0.2) is 283 Å². The first-order valence-electron chi connectivity index (χ1n) is 35.1. The smallest absolute Gasteiger partial charge is 0.136 e. The van der Waals surface area contributed by atoms with Crippen molar-refractivity contribution in [2.45, 2.75) is 14.9 Å². The minimum Gasteiger partial charge on any atom is -0.456 e. The molecule has 77 heavy (non-hydrogen) atoms. The Morgan fingerprint density at radius 3 is 1.42 bits per heavy atom. The van der Waals surface area contributed by atoms with Crippen LogP contribution in [0.3, 0.4) is 0 Å². The number of fused-ring (bicyclic) bond motifs is 11. The second kappa shape index (κ2) is 19.1. The van der Waals surface area contributed by atoms with Gasteiger partial charge in [0.25, 0.3) is 0 Å². The summed E-state index contributed by atoms with van der Waals surface area (Å²) in [6.07, 6.45) is 0. The van der Waals surface area contributed by atoms with Gasteiger partial charge >= 0.3 is 0 Å². The summed E-state index contributed by atoms with van der Waals surface area (Å²) in [7, 11) is 0. The van der Waals surface area contributed by atoms with Crippen molar-refractivity contribution >= 4 is 108 Å². The maximum atomic E-state index is 9.32. The van der Waals surface area contributed by atoms with Gasteiger partial charge in [-0.1, -0.05) is 263 Å². The van der Waals surface area contributed by atoms with Crippen molar-refractivity contribution in [1.29, 1.82) is 0 Å². The number of furan rings is 1. The van der Waals surface area contributed by atoms with Crippen molar-refractivity contribution < 1.29 is 34.6 Å². The van der Waals surface area contributed by atoms with E-state index in [0.717, 1.165) is 16.6 Å². The minimum atomic E-state index is -0.915. The molecule has 0 saturated heterocycles. The van der Waals surface area contributed by atoms with Crippen molar-refractivity contribution in [1.82, 2.24) is 0 Å². The topological polar surface area (TPSA) is 13.1 Å². The predicted molar refractivity (Wildman–Crippen MR) is 335 cm³/mol. The van der Waals surface area contributed by atoms with E-state index in [-0.39, 0.29) is 14.9 Å². The predicted octanol–water partition coefficient (Wildman–Crippen LogP) is 22.4. The molecule has 1 heterocycles. The maximum Gasteiger partial charge on any atom is 0.136 e. The van der Waals surface area contributed by atoms with Gasteiger partial charge in [0.1, 0.15) is 11.2 Å². The van der Waals surface area contributed by atoms with Gasteiger partial charge in [-0.05, 0) is 161 Å². The molecule has 0 radical (unpaired) electrons. The SMILES string of the molecule is C.C.[2H]c1c([2H])c([2H])c2c([2H])c(-c3c4c([2H])c([2H])c([2H])c([2H])c4c(-c4c([2H])c([2H])c([2H])c5c([2H])c([2H])c([2H])c([2H])c45)c4c([2H])c([2H])c([2H])c([2H])c34)c([2H])c([2H])c2c1[2H].c1ccc2cc(-c3c4ccccc4c(-c4cccc5oc6cc7ccccc7cc6c45)c4ccccc34)ccc2c1. The van der Waals surface area contributed by atoms with Crippen molar-refractivity contribution in [3.63, 3.8) is 0 Å². The van der Waals surface area contributed by atoms with Gasteiger partial charge in [0, 0.05) is 10.8 Å². The number of hydrogen-bond acceptors (Lipinski definition) is 1. The summed E-state index contributed by atoms with van der Waals surface area (Å²) in [6, 6.07) is 33.7. The normalized spacial score (nSPS) is 15.4. The van der Waals surface area contributed by atoms with Gasteiger partial charge in [0.15, 0.2) is 0 Å². The fraction of sp³-hybridized carbons (Fsp3) is 0.0263. The molecule has 1 aromatic heterocycles. The summed E-state index contributed by atoms with van der Waals surface area (Å²) in [4.78, 5) is 0. The summed E-state index contributed by atoms with van der Waals surface area (Å²) in [5.74, 6) is 0. The van der Waals surface area contributed by atoms with Gasteiger partial charge in [-0.2, -0.15) is 0 Å². The van der Waals surface area contributed by atoms with E-state index in [2.05, 4.69) is 146 Å². The van der Waals surface area contributed by atoms with Gasteiger partial charge in [0.2, 0.25) is 0 Å². The lowest BCUT2D eigenvalue weighted by molar-refractivity contribution is 0.669. The highest BCUT2D eigenvalue weighted by Crippen LogP contribution is 2.49. The Morgan fingerprint density at radius 1 is 0.260 bits per heavy atom. The van der Waals surface area contributed by atoms with Gasteiger partial charge < -0.3 is 4.42 Å². The van der Waals surface area contributed by atoms with Crippen molar-refractivity contribution in [3.05, 3.63) is 279 Å². The number of benzene rings is 15. The van der Waals surface area contributed by atoms with E-state index in [9.17, 15) is 6.85 Å². The first-order chi connectivity index (χ1) is 46.4.